The Morgan fingerprint density at radius 3 is 2.67 bits per heavy atom. The number of aliphatic hydroxyl groups is 1. The Hall–Kier alpha value is -2.81. The topological polar surface area (TPSA) is 257 Å². The van der Waals surface area contributed by atoms with Crippen molar-refractivity contribution in [2.45, 2.75) is 49.3 Å². The lowest BCUT2D eigenvalue weighted by molar-refractivity contribution is -0.0598. The number of aromatic amines is 1. The van der Waals surface area contributed by atoms with Gasteiger partial charge in [-0.25, -0.2) is 33.9 Å². The molecule has 4 fully saturated rings. The number of phosphoric ester groups is 1. The fourth-order valence-corrected chi connectivity index (χ4v) is 9.22. The van der Waals surface area contributed by atoms with Crippen molar-refractivity contribution >= 4 is 54.5 Å². The standard InChI is InChI=1S/C22H24FN9O10P2S/c23-10-15-9(40-21(10)32-7-30-12-19(32)27-5-28-20(12)34)2-38-44(37,45)42-16-14(33)13(8-1-22(8,16)3-39-43(35,36)41-15)31-6-29-11-17(24)25-4-26-18(11)31/h4-10,13-16,21,33H,1-3H2,(H,35,36)(H,37,45)(H2,24,25,26)(H,27,28,34)/t8-,9-,10-,13-,14+,15-,16+,21-,22+,44?/m1/s1. The van der Waals surface area contributed by atoms with E-state index in [1.165, 1.54) is 12.7 Å². The van der Waals surface area contributed by atoms with Crippen LogP contribution in [0.1, 0.15) is 18.7 Å². The first kappa shape index (κ1) is 29.6. The molecule has 0 bridgehead atoms. The van der Waals surface area contributed by atoms with E-state index in [9.17, 15) is 24.3 Å². The lowest BCUT2D eigenvalue weighted by Crippen LogP contribution is -2.39. The number of alkyl halides is 1. The molecule has 0 amide bonds. The lowest BCUT2D eigenvalue weighted by atomic mass is 10.0. The molecule has 23 heteroatoms. The van der Waals surface area contributed by atoms with Gasteiger partial charge < -0.3 is 44.0 Å². The van der Waals surface area contributed by atoms with Gasteiger partial charge in [0.05, 0.1) is 38.2 Å². The number of nitrogen functional groups attached to an aromatic ring is 1. The number of fused-ring (bicyclic) bond motifs is 3. The SMILES string of the molecule is Nc1ncnc2c1ncn2[C@H]1[C@H](O)[C@@H]2OP(O)(=S)OC[C@H]3O[C@@H](n4cnc5c(=O)[nH]cnc54)[C@H](F)[C@@H]3OP(=O)(O)OC[C@]23C[C@H]13. The van der Waals surface area contributed by atoms with E-state index in [1.54, 1.807) is 4.57 Å². The van der Waals surface area contributed by atoms with Crippen molar-refractivity contribution in [2.24, 2.45) is 11.3 Å². The van der Waals surface area contributed by atoms with Crippen LogP contribution in [0.5, 0.6) is 0 Å². The smallest absolute Gasteiger partial charge is 0.388 e. The third kappa shape index (κ3) is 4.61. The quantitative estimate of drug-likeness (QED) is 0.171. The first-order valence-corrected chi connectivity index (χ1v) is 17.6. The van der Waals surface area contributed by atoms with Gasteiger partial charge in [0.2, 0.25) is 0 Å². The van der Waals surface area contributed by atoms with Crippen molar-refractivity contribution in [1.82, 2.24) is 39.0 Å². The minimum atomic E-state index is -4.99. The van der Waals surface area contributed by atoms with Gasteiger partial charge in [0.1, 0.15) is 36.3 Å². The zero-order valence-electron chi connectivity index (χ0n) is 22.6. The van der Waals surface area contributed by atoms with Crippen molar-refractivity contribution in [3.8, 4) is 0 Å². The molecule has 4 aromatic heterocycles. The molecule has 11 atom stereocenters. The van der Waals surface area contributed by atoms with E-state index in [0.717, 1.165) is 17.2 Å². The maximum Gasteiger partial charge on any atom is 0.472 e. The highest BCUT2D eigenvalue weighted by Gasteiger charge is 2.74. The third-order valence-electron chi connectivity index (χ3n) is 8.83. The van der Waals surface area contributed by atoms with Crippen LogP contribution in [-0.4, -0.2) is 97.7 Å². The van der Waals surface area contributed by atoms with Gasteiger partial charge in [-0.15, -0.1) is 0 Å². The number of anilines is 1. The van der Waals surface area contributed by atoms with Gasteiger partial charge >= 0.3 is 14.5 Å². The molecule has 2 unspecified atom stereocenters. The van der Waals surface area contributed by atoms with Crippen molar-refractivity contribution in [1.29, 1.82) is 0 Å². The third-order valence-corrected chi connectivity index (χ3v) is 11.3. The van der Waals surface area contributed by atoms with Crippen molar-refractivity contribution in [2.75, 3.05) is 18.9 Å². The summed E-state index contributed by atoms with van der Waals surface area (Å²) in [6.07, 6.45) is -4.15. The molecule has 2 saturated carbocycles. The number of hydrogen-bond donors (Lipinski definition) is 5. The van der Waals surface area contributed by atoms with Crippen LogP contribution in [0.25, 0.3) is 22.3 Å². The fraction of sp³-hybridized carbons (Fsp3) is 0.545. The molecule has 8 rings (SSSR count). The Bertz CT molecular complexity index is 2000. The highest BCUT2D eigenvalue weighted by Crippen LogP contribution is 2.72. The Kier molecular flexibility index (Phi) is 6.64. The number of phosphoric acid groups is 1. The highest BCUT2D eigenvalue weighted by atomic mass is 32.5. The van der Waals surface area contributed by atoms with Crippen LogP contribution in [0, 0.1) is 11.3 Å². The summed E-state index contributed by atoms with van der Waals surface area (Å²) in [7, 11) is -4.99. The van der Waals surface area contributed by atoms with Crippen LogP contribution in [0.4, 0.5) is 10.2 Å². The summed E-state index contributed by atoms with van der Waals surface area (Å²) in [5, 5.41) is 11.5. The van der Waals surface area contributed by atoms with E-state index in [-0.39, 0.29) is 17.0 Å². The lowest BCUT2D eigenvalue weighted by Gasteiger charge is -2.32. The van der Waals surface area contributed by atoms with Crippen LogP contribution in [0.3, 0.4) is 0 Å². The largest absolute Gasteiger partial charge is 0.472 e. The monoisotopic (exact) mass is 687 g/mol. The minimum Gasteiger partial charge on any atom is -0.388 e. The molecule has 240 valence electrons. The summed E-state index contributed by atoms with van der Waals surface area (Å²) >= 11 is 5.28. The van der Waals surface area contributed by atoms with Crippen molar-refractivity contribution < 1.29 is 46.7 Å². The number of nitrogens with zero attached hydrogens (tertiary/aromatic N) is 7. The number of rotatable bonds is 2. The molecule has 2 aliphatic heterocycles. The van der Waals surface area contributed by atoms with E-state index in [2.05, 4.69) is 29.9 Å². The Morgan fingerprint density at radius 2 is 1.84 bits per heavy atom. The van der Waals surface area contributed by atoms with Crippen LogP contribution < -0.4 is 11.3 Å². The van der Waals surface area contributed by atoms with Gasteiger partial charge in [-0.1, -0.05) is 0 Å². The zero-order chi connectivity index (χ0) is 31.5. The molecule has 45 heavy (non-hydrogen) atoms. The number of halogens is 1. The summed E-state index contributed by atoms with van der Waals surface area (Å²) in [6, 6.07) is -0.735. The first-order valence-electron chi connectivity index (χ1n) is 13.5. The summed E-state index contributed by atoms with van der Waals surface area (Å²) in [6.45, 7) is -5.29. The average Bonchev–Trinajstić information content (AvgIpc) is 3.27. The maximum absolute atomic E-state index is 16.0. The maximum atomic E-state index is 16.0. The molecular formula is C22H24FN9O10P2S. The van der Waals surface area contributed by atoms with Crippen molar-refractivity contribution in [3.05, 3.63) is 35.7 Å². The van der Waals surface area contributed by atoms with Crippen LogP contribution in [-0.2, 0) is 39.2 Å². The van der Waals surface area contributed by atoms with E-state index in [4.69, 9.17) is 40.4 Å². The Balaban J connectivity index is 1.11. The number of nitrogens with two attached hydrogens (primary N) is 1. The predicted octanol–water partition coefficient (Wildman–Crippen LogP) is -0.167. The molecule has 1 spiro atoms. The van der Waals surface area contributed by atoms with E-state index < -0.39 is 87.5 Å². The second kappa shape index (κ2) is 10.1. The number of imidazole rings is 2. The van der Waals surface area contributed by atoms with Gasteiger partial charge in [-0.05, 0) is 24.1 Å². The van der Waals surface area contributed by atoms with Gasteiger partial charge in [-0.3, -0.25) is 18.4 Å². The molecule has 0 aromatic carbocycles. The molecule has 19 nitrogen and oxygen atoms in total. The molecule has 2 aliphatic carbocycles. The van der Waals surface area contributed by atoms with Gasteiger partial charge in [-0.2, -0.15) is 0 Å². The summed E-state index contributed by atoms with van der Waals surface area (Å²) < 4.78 is 59.9. The average molecular weight is 688 g/mol. The number of aliphatic hydroxyl groups excluding tert-OH is 1. The molecule has 6 heterocycles. The van der Waals surface area contributed by atoms with E-state index in [0.29, 0.717) is 17.6 Å². The predicted molar refractivity (Wildman–Crippen MR) is 150 cm³/mol. The Morgan fingerprint density at radius 1 is 1.09 bits per heavy atom. The molecule has 4 aromatic rings. The fourth-order valence-electron chi connectivity index (χ4n) is 6.71. The Labute approximate surface area is 255 Å². The van der Waals surface area contributed by atoms with E-state index >= 15 is 4.39 Å². The molecule has 4 aliphatic rings. The zero-order valence-corrected chi connectivity index (χ0v) is 25.2. The summed E-state index contributed by atoms with van der Waals surface area (Å²) in [5.74, 6) is -0.289. The number of hydrogen-bond acceptors (Lipinski definition) is 15. The summed E-state index contributed by atoms with van der Waals surface area (Å²) in [5.41, 5.74) is 4.77. The van der Waals surface area contributed by atoms with Gasteiger partial charge in [0.25, 0.3) is 5.56 Å². The van der Waals surface area contributed by atoms with E-state index in [1.807, 2.05) is 0 Å². The second-order valence-electron chi connectivity index (χ2n) is 11.3. The highest BCUT2D eigenvalue weighted by molar-refractivity contribution is 8.07. The van der Waals surface area contributed by atoms with Crippen LogP contribution >= 0.6 is 14.5 Å². The number of H-pyrrole nitrogens is 1. The number of nitrogens with one attached hydrogen (secondary N) is 1. The van der Waals surface area contributed by atoms with Gasteiger partial charge in [0, 0.05) is 5.41 Å². The number of aromatic nitrogens is 8. The molecule has 0 radical (unpaired) electrons. The summed E-state index contributed by atoms with van der Waals surface area (Å²) in [4.78, 5) is 56.7. The van der Waals surface area contributed by atoms with Crippen LogP contribution in [0.15, 0.2) is 30.1 Å². The van der Waals surface area contributed by atoms with Crippen LogP contribution in [0.2, 0.25) is 0 Å². The minimum absolute atomic E-state index is 0.0151. The molecule has 6 N–H and O–H groups in total. The first-order chi connectivity index (χ1) is 21.4. The van der Waals surface area contributed by atoms with Gasteiger partial charge in [0.15, 0.2) is 35.0 Å². The second-order valence-corrected chi connectivity index (χ2v) is 15.5. The van der Waals surface area contributed by atoms with Crippen molar-refractivity contribution in [3.63, 3.8) is 0 Å². The molecule has 2 saturated heterocycles. The molecular weight excluding hydrogens is 663 g/mol. The normalized spacial score (nSPS) is 41.7. The number of ether oxygens (including phenoxy) is 1.